The van der Waals surface area contributed by atoms with E-state index in [9.17, 15) is 0 Å². The van der Waals surface area contributed by atoms with Crippen LogP contribution in [-0.4, -0.2) is 23.4 Å². The Bertz CT molecular complexity index is 429. The summed E-state index contributed by atoms with van der Waals surface area (Å²) in [6.45, 7) is 1.46. The molecule has 0 N–H and O–H groups in total. The highest BCUT2D eigenvalue weighted by Crippen LogP contribution is 2.25. The molecule has 1 fully saturated rings. The maximum Gasteiger partial charge on any atom is 0.261 e. The zero-order chi connectivity index (χ0) is 10.1. The van der Waals surface area contributed by atoms with Gasteiger partial charge in [-0.1, -0.05) is 5.16 Å². The van der Waals surface area contributed by atoms with Gasteiger partial charge in [-0.25, -0.2) is 0 Å². The van der Waals surface area contributed by atoms with Gasteiger partial charge < -0.3 is 13.7 Å². The van der Waals surface area contributed by atoms with Crippen LogP contribution in [0.15, 0.2) is 27.5 Å². The summed E-state index contributed by atoms with van der Waals surface area (Å²) >= 11 is 0. The molecule has 1 aliphatic rings. The molecule has 15 heavy (non-hydrogen) atoms. The van der Waals surface area contributed by atoms with E-state index in [0.717, 1.165) is 24.4 Å². The lowest BCUT2D eigenvalue weighted by Crippen LogP contribution is -1.99. The van der Waals surface area contributed by atoms with E-state index in [1.807, 2.05) is 0 Å². The van der Waals surface area contributed by atoms with E-state index in [2.05, 4.69) is 10.1 Å². The molecular weight excluding hydrogens is 196 g/mol. The van der Waals surface area contributed by atoms with Crippen molar-refractivity contribution in [3.8, 4) is 11.5 Å². The lowest BCUT2D eigenvalue weighted by molar-refractivity contribution is 0.192. The smallest absolute Gasteiger partial charge is 0.261 e. The lowest BCUT2D eigenvalue weighted by Gasteiger charge is -1.97. The average Bonchev–Trinajstić information content (AvgIpc) is 3.02. The quantitative estimate of drug-likeness (QED) is 0.750. The molecule has 5 nitrogen and oxygen atoms in total. The van der Waals surface area contributed by atoms with Gasteiger partial charge in [-0.2, -0.15) is 4.98 Å². The van der Waals surface area contributed by atoms with Crippen LogP contribution >= 0.6 is 0 Å². The first kappa shape index (κ1) is 8.67. The molecule has 1 atom stereocenters. The fraction of sp³-hybridized carbons (Fsp3) is 0.400. The van der Waals surface area contributed by atoms with Crippen molar-refractivity contribution in [2.75, 3.05) is 13.2 Å². The van der Waals surface area contributed by atoms with Crippen LogP contribution in [-0.2, 0) is 4.74 Å². The van der Waals surface area contributed by atoms with Crippen molar-refractivity contribution in [3.05, 3.63) is 24.4 Å². The molecule has 0 unspecified atom stereocenters. The van der Waals surface area contributed by atoms with Crippen LogP contribution < -0.4 is 0 Å². The Morgan fingerprint density at radius 2 is 2.40 bits per heavy atom. The molecule has 0 amide bonds. The summed E-state index contributed by atoms with van der Waals surface area (Å²) in [6, 6.07) is 1.79. The van der Waals surface area contributed by atoms with Crippen LogP contribution in [0.25, 0.3) is 11.5 Å². The molecule has 0 aliphatic carbocycles. The van der Waals surface area contributed by atoms with E-state index in [-0.39, 0.29) is 5.92 Å². The van der Waals surface area contributed by atoms with E-state index < -0.39 is 0 Å². The fourth-order valence-corrected chi connectivity index (χ4v) is 1.64. The number of furan rings is 1. The Morgan fingerprint density at radius 1 is 1.40 bits per heavy atom. The molecule has 1 aliphatic heterocycles. The number of hydrogen-bond acceptors (Lipinski definition) is 5. The van der Waals surface area contributed by atoms with Crippen LogP contribution in [0.1, 0.15) is 18.2 Å². The minimum absolute atomic E-state index is 0.273. The van der Waals surface area contributed by atoms with Crippen LogP contribution in [0, 0.1) is 0 Å². The molecule has 0 aromatic carbocycles. The topological polar surface area (TPSA) is 61.3 Å². The third-order valence-electron chi connectivity index (χ3n) is 2.50. The summed E-state index contributed by atoms with van der Waals surface area (Å²) in [5.74, 6) is 1.50. The van der Waals surface area contributed by atoms with Crippen molar-refractivity contribution in [1.82, 2.24) is 10.1 Å². The minimum atomic E-state index is 0.273. The molecule has 0 saturated carbocycles. The first-order chi connectivity index (χ1) is 7.43. The second-order valence-corrected chi connectivity index (χ2v) is 3.53. The van der Waals surface area contributed by atoms with E-state index >= 15 is 0 Å². The molecule has 0 radical (unpaired) electrons. The summed E-state index contributed by atoms with van der Waals surface area (Å²) in [4.78, 5) is 4.32. The van der Waals surface area contributed by atoms with E-state index in [0.29, 0.717) is 12.5 Å². The van der Waals surface area contributed by atoms with Crippen molar-refractivity contribution in [1.29, 1.82) is 0 Å². The predicted octanol–water partition coefficient (Wildman–Crippen LogP) is 1.83. The van der Waals surface area contributed by atoms with Gasteiger partial charge in [0.2, 0.25) is 0 Å². The zero-order valence-corrected chi connectivity index (χ0v) is 8.05. The Morgan fingerprint density at radius 3 is 3.13 bits per heavy atom. The lowest BCUT2D eigenvalue weighted by atomic mass is 10.1. The average molecular weight is 206 g/mol. The Labute approximate surface area is 86.0 Å². The van der Waals surface area contributed by atoms with Crippen molar-refractivity contribution in [3.63, 3.8) is 0 Å². The third-order valence-corrected chi connectivity index (χ3v) is 2.50. The molecule has 3 rings (SSSR count). The number of nitrogens with zero attached hydrogens (tertiary/aromatic N) is 2. The van der Waals surface area contributed by atoms with Crippen LogP contribution in [0.2, 0.25) is 0 Å². The summed E-state index contributed by atoms with van der Waals surface area (Å²) < 4.78 is 15.4. The summed E-state index contributed by atoms with van der Waals surface area (Å²) in [5.41, 5.74) is 0.813. The highest BCUT2D eigenvalue weighted by atomic mass is 16.5. The van der Waals surface area contributed by atoms with Gasteiger partial charge in [0.05, 0.1) is 18.4 Å². The highest BCUT2D eigenvalue weighted by molar-refractivity contribution is 5.49. The predicted molar refractivity (Wildman–Crippen MR) is 50.2 cm³/mol. The SMILES string of the molecule is c1cc(-c2nc([C@H]3CCOC3)no2)co1. The highest BCUT2D eigenvalue weighted by Gasteiger charge is 2.23. The summed E-state index contributed by atoms with van der Waals surface area (Å²) in [6.07, 6.45) is 4.13. The van der Waals surface area contributed by atoms with Gasteiger partial charge in [0.25, 0.3) is 5.89 Å². The fourth-order valence-electron chi connectivity index (χ4n) is 1.64. The van der Waals surface area contributed by atoms with Crippen molar-refractivity contribution in [2.24, 2.45) is 0 Å². The number of aromatic nitrogens is 2. The number of rotatable bonds is 2. The number of hydrogen-bond donors (Lipinski definition) is 0. The first-order valence-corrected chi connectivity index (χ1v) is 4.87. The van der Waals surface area contributed by atoms with Gasteiger partial charge >= 0.3 is 0 Å². The van der Waals surface area contributed by atoms with E-state index in [1.54, 1.807) is 18.6 Å². The van der Waals surface area contributed by atoms with Crippen LogP contribution in [0.4, 0.5) is 0 Å². The Kier molecular flexibility index (Phi) is 2.03. The standard InChI is InChI=1S/C10H10N2O3/c1-3-13-5-7(1)9-11-10(15-12-9)8-2-4-14-6-8/h2,4,6-7H,1,3,5H2/t7-/m0/s1. The third kappa shape index (κ3) is 1.55. The summed E-state index contributed by atoms with van der Waals surface area (Å²) in [7, 11) is 0. The Balaban J connectivity index is 1.87. The molecule has 0 spiro atoms. The van der Waals surface area contributed by atoms with Gasteiger partial charge in [-0.3, -0.25) is 0 Å². The van der Waals surface area contributed by atoms with Crippen molar-refractivity contribution >= 4 is 0 Å². The summed E-state index contributed by atoms with van der Waals surface area (Å²) in [5, 5.41) is 3.95. The maximum atomic E-state index is 5.27. The monoisotopic (exact) mass is 206 g/mol. The molecule has 3 heterocycles. The van der Waals surface area contributed by atoms with Crippen LogP contribution in [0.5, 0.6) is 0 Å². The second kappa shape index (κ2) is 3.51. The largest absolute Gasteiger partial charge is 0.472 e. The van der Waals surface area contributed by atoms with E-state index in [1.165, 1.54) is 0 Å². The van der Waals surface area contributed by atoms with Crippen molar-refractivity contribution < 1.29 is 13.7 Å². The second-order valence-electron chi connectivity index (χ2n) is 3.53. The number of ether oxygens (including phenoxy) is 1. The van der Waals surface area contributed by atoms with Crippen molar-refractivity contribution in [2.45, 2.75) is 12.3 Å². The normalized spacial score (nSPS) is 20.9. The van der Waals surface area contributed by atoms with Gasteiger partial charge in [0, 0.05) is 12.5 Å². The molecular formula is C10H10N2O3. The van der Waals surface area contributed by atoms with Gasteiger partial charge in [0.1, 0.15) is 6.26 Å². The zero-order valence-electron chi connectivity index (χ0n) is 8.05. The Hall–Kier alpha value is -1.62. The molecule has 2 aromatic rings. The molecule has 78 valence electrons. The molecule has 5 heteroatoms. The van der Waals surface area contributed by atoms with E-state index in [4.69, 9.17) is 13.7 Å². The van der Waals surface area contributed by atoms with Gasteiger partial charge in [-0.05, 0) is 12.5 Å². The molecule has 2 aromatic heterocycles. The maximum absolute atomic E-state index is 5.27. The van der Waals surface area contributed by atoms with Gasteiger partial charge in [0.15, 0.2) is 5.82 Å². The molecule has 0 bridgehead atoms. The minimum Gasteiger partial charge on any atom is -0.472 e. The van der Waals surface area contributed by atoms with Crippen LogP contribution in [0.3, 0.4) is 0 Å². The van der Waals surface area contributed by atoms with Gasteiger partial charge in [-0.15, -0.1) is 0 Å². The first-order valence-electron chi connectivity index (χ1n) is 4.87. The molecule has 1 saturated heterocycles.